The van der Waals surface area contributed by atoms with E-state index >= 15 is 0 Å². The van der Waals surface area contributed by atoms with Crippen LogP contribution in [-0.4, -0.2) is 33.4 Å². The fourth-order valence-electron chi connectivity index (χ4n) is 1.54. The molecule has 1 rings (SSSR count). The lowest BCUT2D eigenvalue weighted by molar-refractivity contribution is 0.451. The number of aryl methyl sites for hydroxylation is 1. The number of hydrogen-bond donors (Lipinski definition) is 1. The van der Waals surface area contributed by atoms with Gasteiger partial charge in [0, 0.05) is 20.1 Å². The minimum Gasteiger partial charge on any atom is -0.362 e. The molecule has 0 aliphatic carbocycles. The highest BCUT2D eigenvalue weighted by atomic mass is 79.9. The Labute approximate surface area is 123 Å². The highest BCUT2D eigenvalue weighted by Crippen LogP contribution is 2.17. The van der Waals surface area contributed by atoms with Gasteiger partial charge in [0.1, 0.15) is 0 Å². The predicted molar refractivity (Wildman–Crippen MR) is 82.5 cm³/mol. The molecule has 6 heteroatoms. The summed E-state index contributed by atoms with van der Waals surface area (Å²) in [4.78, 5) is 2.03. The summed E-state index contributed by atoms with van der Waals surface area (Å²) in [7, 11) is 2.00. The van der Waals surface area contributed by atoms with E-state index in [1.165, 1.54) is 0 Å². The number of aromatic nitrogens is 2. The summed E-state index contributed by atoms with van der Waals surface area (Å²) in [5, 5.41) is 8.34. The molecule has 0 amide bonds. The van der Waals surface area contributed by atoms with Gasteiger partial charge in [-0.05, 0) is 41.0 Å². The first-order chi connectivity index (χ1) is 8.45. The molecule has 102 valence electrons. The number of nitrogens with zero attached hydrogens (tertiary/aromatic N) is 3. The zero-order valence-electron chi connectivity index (χ0n) is 11.4. The second-order valence-corrected chi connectivity index (χ2v) is 5.93. The monoisotopic (exact) mass is 332 g/mol. The van der Waals surface area contributed by atoms with Crippen molar-refractivity contribution in [1.82, 2.24) is 20.0 Å². The Bertz CT molecular complexity index is 403. The lowest BCUT2D eigenvalue weighted by Gasteiger charge is -2.22. The zero-order chi connectivity index (χ0) is 13.7. The van der Waals surface area contributed by atoms with Crippen LogP contribution < -0.4 is 5.32 Å². The lowest BCUT2D eigenvalue weighted by atomic mass is 10.2. The van der Waals surface area contributed by atoms with Gasteiger partial charge in [-0.25, -0.2) is 0 Å². The van der Waals surface area contributed by atoms with Gasteiger partial charge in [0.2, 0.25) is 0 Å². The summed E-state index contributed by atoms with van der Waals surface area (Å²) in [5.41, 5.74) is 1.15. The smallest absolute Gasteiger partial charge is 0.169 e. The van der Waals surface area contributed by atoms with Crippen molar-refractivity contribution in [1.29, 1.82) is 0 Å². The van der Waals surface area contributed by atoms with Crippen molar-refractivity contribution in [2.45, 2.75) is 33.9 Å². The van der Waals surface area contributed by atoms with Gasteiger partial charge in [-0.3, -0.25) is 4.68 Å². The molecule has 0 radical (unpaired) electrons. The Morgan fingerprint density at radius 1 is 1.61 bits per heavy atom. The normalized spacial score (nSPS) is 10.8. The van der Waals surface area contributed by atoms with Gasteiger partial charge in [0.05, 0.1) is 22.9 Å². The van der Waals surface area contributed by atoms with Crippen molar-refractivity contribution in [2.24, 2.45) is 5.92 Å². The quantitative estimate of drug-likeness (QED) is 0.840. The summed E-state index contributed by atoms with van der Waals surface area (Å²) in [6.45, 7) is 8.92. The largest absolute Gasteiger partial charge is 0.362 e. The van der Waals surface area contributed by atoms with E-state index in [2.05, 4.69) is 47.1 Å². The van der Waals surface area contributed by atoms with Crippen LogP contribution in [-0.2, 0) is 13.1 Å². The molecule has 0 aliphatic heterocycles. The first-order valence-corrected chi connectivity index (χ1v) is 7.35. The van der Waals surface area contributed by atoms with Gasteiger partial charge in [-0.2, -0.15) is 5.10 Å². The van der Waals surface area contributed by atoms with Crippen molar-refractivity contribution in [3.05, 3.63) is 16.4 Å². The van der Waals surface area contributed by atoms with Gasteiger partial charge in [0.15, 0.2) is 5.11 Å². The van der Waals surface area contributed by atoms with E-state index in [-0.39, 0.29) is 0 Å². The second-order valence-electron chi connectivity index (χ2n) is 4.69. The van der Waals surface area contributed by atoms with E-state index in [1.54, 1.807) is 0 Å². The molecule has 1 aromatic rings. The van der Waals surface area contributed by atoms with Gasteiger partial charge >= 0.3 is 0 Å². The van der Waals surface area contributed by atoms with Crippen molar-refractivity contribution in [3.63, 3.8) is 0 Å². The molecule has 0 aromatic carbocycles. The Balaban J connectivity index is 2.60. The van der Waals surface area contributed by atoms with Crippen LogP contribution in [0.3, 0.4) is 0 Å². The van der Waals surface area contributed by atoms with Crippen LogP contribution in [0.5, 0.6) is 0 Å². The first-order valence-electron chi connectivity index (χ1n) is 6.14. The van der Waals surface area contributed by atoms with Crippen LogP contribution in [0.4, 0.5) is 0 Å². The van der Waals surface area contributed by atoms with Crippen LogP contribution in [0.1, 0.15) is 26.5 Å². The van der Waals surface area contributed by atoms with Crippen LogP contribution in [0.2, 0.25) is 0 Å². The molecular weight excluding hydrogens is 312 g/mol. The Morgan fingerprint density at radius 2 is 2.28 bits per heavy atom. The minimum atomic E-state index is 0.587. The second kappa shape index (κ2) is 7.09. The van der Waals surface area contributed by atoms with E-state index in [0.717, 1.165) is 34.9 Å². The van der Waals surface area contributed by atoms with Crippen molar-refractivity contribution < 1.29 is 0 Å². The average Bonchev–Trinajstić information content (AvgIpc) is 2.67. The molecule has 0 unspecified atom stereocenters. The summed E-state index contributed by atoms with van der Waals surface area (Å²) < 4.78 is 3.01. The third kappa shape index (κ3) is 4.24. The topological polar surface area (TPSA) is 33.1 Å². The SMILES string of the molecule is CCn1ncc(Br)c1CN(C)C(=S)NCC(C)C. The molecular formula is C12H21BrN4S. The molecule has 1 heterocycles. The van der Waals surface area contributed by atoms with Crippen LogP contribution in [0, 0.1) is 5.92 Å². The third-order valence-corrected chi connectivity index (χ3v) is 3.71. The highest BCUT2D eigenvalue weighted by Gasteiger charge is 2.12. The minimum absolute atomic E-state index is 0.587. The summed E-state index contributed by atoms with van der Waals surface area (Å²) >= 11 is 8.88. The number of rotatable bonds is 5. The van der Waals surface area contributed by atoms with Gasteiger partial charge in [0.25, 0.3) is 0 Å². The molecule has 0 bridgehead atoms. The number of thiocarbonyl (C=S) groups is 1. The predicted octanol–water partition coefficient (Wildman–Crippen LogP) is 2.63. The summed E-state index contributed by atoms with van der Waals surface area (Å²) in [5.74, 6) is 0.587. The molecule has 1 N–H and O–H groups in total. The zero-order valence-corrected chi connectivity index (χ0v) is 13.8. The maximum Gasteiger partial charge on any atom is 0.169 e. The Morgan fingerprint density at radius 3 is 2.83 bits per heavy atom. The average molecular weight is 333 g/mol. The van der Waals surface area contributed by atoms with Crippen LogP contribution >= 0.6 is 28.1 Å². The Kier molecular flexibility index (Phi) is 6.08. The van der Waals surface area contributed by atoms with E-state index in [0.29, 0.717) is 5.92 Å². The summed E-state index contributed by atoms with van der Waals surface area (Å²) in [6.07, 6.45) is 1.83. The maximum absolute atomic E-state index is 5.36. The third-order valence-electron chi connectivity index (χ3n) is 2.59. The fraction of sp³-hybridized carbons (Fsp3) is 0.667. The van der Waals surface area contributed by atoms with Crippen LogP contribution in [0.15, 0.2) is 10.7 Å². The molecule has 0 saturated carbocycles. The first kappa shape index (κ1) is 15.4. The van der Waals surface area contributed by atoms with Gasteiger partial charge in [-0.1, -0.05) is 13.8 Å². The van der Waals surface area contributed by atoms with E-state index in [4.69, 9.17) is 12.2 Å². The van der Waals surface area contributed by atoms with E-state index < -0.39 is 0 Å². The molecule has 0 aliphatic rings. The number of halogens is 1. The summed E-state index contributed by atoms with van der Waals surface area (Å²) in [6, 6.07) is 0. The number of nitrogens with one attached hydrogen (secondary N) is 1. The molecule has 18 heavy (non-hydrogen) atoms. The Hall–Kier alpha value is -0.620. The van der Waals surface area contributed by atoms with Gasteiger partial charge < -0.3 is 10.2 Å². The van der Waals surface area contributed by atoms with Gasteiger partial charge in [-0.15, -0.1) is 0 Å². The van der Waals surface area contributed by atoms with Crippen molar-refractivity contribution in [2.75, 3.05) is 13.6 Å². The highest BCUT2D eigenvalue weighted by molar-refractivity contribution is 9.10. The van der Waals surface area contributed by atoms with E-state index in [1.807, 2.05) is 22.8 Å². The van der Waals surface area contributed by atoms with Crippen molar-refractivity contribution in [3.8, 4) is 0 Å². The molecule has 1 aromatic heterocycles. The van der Waals surface area contributed by atoms with Crippen LogP contribution in [0.25, 0.3) is 0 Å². The number of hydrogen-bond acceptors (Lipinski definition) is 2. The fourth-order valence-corrected chi connectivity index (χ4v) is 2.11. The molecule has 0 fully saturated rings. The molecule has 0 spiro atoms. The standard InChI is InChI=1S/C12H21BrN4S/c1-5-17-11(10(13)7-15-17)8-16(4)12(18)14-6-9(2)3/h7,9H,5-6,8H2,1-4H3,(H,14,18). The molecule has 0 atom stereocenters. The van der Waals surface area contributed by atoms with E-state index in [9.17, 15) is 0 Å². The molecule has 4 nitrogen and oxygen atoms in total. The van der Waals surface area contributed by atoms with Crippen molar-refractivity contribution >= 4 is 33.3 Å². The maximum atomic E-state index is 5.36. The molecule has 0 saturated heterocycles. The lowest BCUT2D eigenvalue weighted by Crippen LogP contribution is -2.38.